The standard InChI is InChI=1S/C15H14ClNO4S/c16-14-7-6-12(10-13(14)15(18)19)22(20,21)17-9-8-11-4-2-1-3-5-11/h1-7,10,17H,8-9H2,(H,18,19). The van der Waals surface area contributed by atoms with Crippen molar-refractivity contribution in [3.8, 4) is 0 Å². The highest BCUT2D eigenvalue weighted by atomic mass is 35.5. The molecule has 2 aromatic carbocycles. The van der Waals surface area contributed by atoms with Crippen molar-refractivity contribution in [2.24, 2.45) is 0 Å². The molecule has 7 heteroatoms. The van der Waals surface area contributed by atoms with Crippen molar-refractivity contribution in [2.45, 2.75) is 11.3 Å². The fourth-order valence-electron chi connectivity index (χ4n) is 1.89. The summed E-state index contributed by atoms with van der Waals surface area (Å²) in [5.74, 6) is -1.27. The van der Waals surface area contributed by atoms with Gasteiger partial charge in [0.05, 0.1) is 15.5 Å². The second-order valence-electron chi connectivity index (χ2n) is 4.58. The summed E-state index contributed by atoms with van der Waals surface area (Å²) in [5.41, 5.74) is 0.764. The molecule has 0 spiro atoms. The first kappa shape index (κ1) is 16.5. The fourth-order valence-corrected chi connectivity index (χ4v) is 3.15. The largest absolute Gasteiger partial charge is 0.478 e. The van der Waals surface area contributed by atoms with E-state index in [0.29, 0.717) is 6.42 Å². The van der Waals surface area contributed by atoms with Gasteiger partial charge in [0.1, 0.15) is 0 Å². The highest BCUT2D eigenvalue weighted by Gasteiger charge is 2.17. The Morgan fingerprint density at radius 3 is 2.45 bits per heavy atom. The quantitative estimate of drug-likeness (QED) is 0.847. The Morgan fingerprint density at radius 2 is 1.82 bits per heavy atom. The minimum Gasteiger partial charge on any atom is -0.478 e. The van der Waals surface area contributed by atoms with Crippen LogP contribution in [0, 0.1) is 0 Å². The van der Waals surface area contributed by atoms with Crippen LogP contribution in [0.2, 0.25) is 5.02 Å². The van der Waals surface area contributed by atoms with E-state index in [1.54, 1.807) is 0 Å². The maximum atomic E-state index is 12.2. The Bertz CT molecular complexity index is 775. The zero-order chi connectivity index (χ0) is 16.2. The first-order chi connectivity index (χ1) is 10.4. The first-order valence-electron chi connectivity index (χ1n) is 6.46. The van der Waals surface area contributed by atoms with Crippen LogP contribution < -0.4 is 4.72 Å². The number of rotatable bonds is 6. The lowest BCUT2D eigenvalue weighted by molar-refractivity contribution is 0.0697. The molecule has 0 atom stereocenters. The first-order valence-corrected chi connectivity index (χ1v) is 8.33. The average Bonchev–Trinajstić information content (AvgIpc) is 2.48. The lowest BCUT2D eigenvalue weighted by Crippen LogP contribution is -2.26. The van der Waals surface area contributed by atoms with Crippen LogP contribution in [0.4, 0.5) is 0 Å². The maximum Gasteiger partial charge on any atom is 0.337 e. The number of aromatic carboxylic acids is 1. The van der Waals surface area contributed by atoms with Crippen LogP contribution >= 0.6 is 11.6 Å². The van der Waals surface area contributed by atoms with Gasteiger partial charge in [-0.3, -0.25) is 0 Å². The van der Waals surface area contributed by atoms with E-state index in [4.69, 9.17) is 16.7 Å². The van der Waals surface area contributed by atoms with Crippen LogP contribution in [0.25, 0.3) is 0 Å². The lowest BCUT2D eigenvalue weighted by Gasteiger charge is -2.08. The number of hydrogen-bond donors (Lipinski definition) is 2. The SMILES string of the molecule is O=C(O)c1cc(S(=O)(=O)NCCc2ccccc2)ccc1Cl. The van der Waals surface area contributed by atoms with Crippen LogP contribution in [0.1, 0.15) is 15.9 Å². The van der Waals surface area contributed by atoms with Crippen LogP contribution in [-0.2, 0) is 16.4 Å². The molecular formula is C15H14ClNO4S. The summed E-state index contributed by atoms with van der Waals surface area (Å²) in [6.07, 6.45) is 0.541. The van der Waals surface area contributed by atoms with Crippen molar-refractivity contribution in [3.63, 3.8) is 0 Å². The zero-order valence-corrected chi connectivity index (χ0v) is 13.1. The molecule has 0 amide bonds. The van der Waals surface area contributed by atoms with Crippen molar-refractivity contribution < 1.29 is 18.3 Å². The number of nitrogens with one attached hydrogen (secondary N) is 1. The van der Waals surface area contributed by atoms with Crippen LogP contribution in [0.15, 0.2) is 53.4 Å². The Labute approximate surface area is 133 Å². The van der Waals surface area contributed by atoms with Gasteiger partial charge in [-0.1, -0.05) is 41.9 Å². The summed E-state index contributed by atoms with van der Waals surface area (Å²) in [6.45, 7) is 0.220. The number of benzene rings is 2. The summed E-state index contributed by atoms with van der Waals surface area (Å²) in [6, 6.07) is 13.0. The highest BCUT2D eigenvalue weighted by Crippen LogP contribution is 2.20. The van der Waals surface area contributed by atoms with Gasteiger partial charge in [-0.15, -0.1) is 0 Å². The Balaban J connectivity index is 2.10. The van der Waals surface area contributed by atoms with E-state index >= 15 is 0 Å². The molecule has 0 aliphatic carbocycles. The molecule has 2 aromatic rings. The van der Waals surface area contributed by atoms with E-state index in [2.05, 4.69) is 4.72 Å². The van der Waals surface area contributed by atoms with Gasteiger partial charge in [0.25, 0.3) is 0 Å². The molecule has 0 bridgehead atoms. The molecule has 0 aromatic heterocycles. The molecule has 0 radical (unpaired) electrons. The third-order valence-electron chi connectivity index (χ3n) is 3.03. The Hall–Kier alpha value is -1.89. The molecule has 0 saturated heterocycles. The van der Waals surface area contributed by atoms with E-state index in [9.17, 15) is 13.2 Å². The van der Waals surface area contributed by atoms with Gasteiger partial charge in [-0.25, -0.2) is 17.9 Å². The van der Waals surface area contributed by atoms with Crippen molar-refractivity contribution in [2.75, 3.05) is 6.54 Å². The predicted octanol–water partition coefficient (Wildman–Crippen LogP) is 2.56. The lowest BCUT2D eigenvalue weighted by atomic mass is 10.2. The second kappa shape index (κ2) is 6.91. The van der Waals surface area contributed by atoms with Gasteiger partial charge in [0.15, 0.2) is 0 Å². The number of sulfonamides is 1. The molecule has 0 heterocycles. The Kier molecular flexibility index (Phi) is 5.18. The fraction of sp³-hybridized carbons (Fsp3) is 0.133. The topological polar surface area (TPSA) is 83.5 Å². The summed E-state index contributed by atoms with van der Waals surface area (Å²) in [5, 5.41) is 8.98. The van der Waals surface area contributed by atoms with Gasteiger partial charge in [0.2, 0.25) is 10.0 Å². The summed E-state index contributed by atoms with van der Waals surface area (Å²) >= 11 is 5.73. The number of carbonyl (C=O) groups is 1. The molecule has 116 valence electrons. The van der Waals surface area contributed by atoms with Crippen LogP contribution in [0.5, 0.6) is 0 Å². The third-order valence-corrected chi connectivity index (χ3v) is 4.82. The number of carboxylic acid groups (broad SMARTS) is 1. The molecule has 2 N–H and O–H groups in total. The average molecular weight is 340 g/mol. The summed E-state index contributed by atoms with van der Waals surface area (Å²) in [7, 11) is -3.78. The predicted molar refractivity (Wildman–Crippen MR) is 83.7 cm³/mol. The second-order valence-corrected chi connectivity index (χ2v) is 6.75. The van der Waals surface area contributed by atoms with E-state index in [1.807, 2.05) is 30.3 Å². The van der Waals surface area contributed by atoms with Gasteiger partial charge < -0.3 is 5.11 Å². The zero-order valence-electron chi connectivity index (χ0n) is 11.5. The molecule has 0 fully saturated rings. The van der Waals surface area contributed by atoms with E-state index < -0.39 is 16.0 Å². The minimum atomic E-state index is -3.78. The smallest absolute Gasteiger partial charge is 0.337 e. The molecule has 22 heavy (non-hydrogen) atoms. The minimum absolute atomic E-state index is 0.00395. The maximum absolute atomic E-state index is 12.2. The molecule has 0 aliphatic heterocycles. The van der Waals surface area contributed by atoms with Crippen molar-refractivity contribution in [1.82, 2.24) is 4.72 Å². The molecule has 2 rings (SSSR count). The number of carboxylic acids is 1. The molecule has 5 nitrogen and oxygen atoms in total. The van der Waals surface area contributed by atoms with E-state index in [0.717, 1.165) is 11.6 Å². The third kappa shape index (κ3) is 4.07. The summed E-state index contributed by atoms with van der Waals surface area (Å²) in [4.78, 5) is 10.9. The van der Waals surface area contributed by atoms with Crippen molar-refractivity contribution in [1.29, 1.82) is 0 Å². The van der Waals surface area contributed by atoms with Crippen LogP contribution in [-0.4, -0.2) is 26.0 Å². The molecule has 0 unspecified atom stereocenters. The Morgan fingerprint density at radius 1 is 1.14 bits per heavy atom. The van der Waals surface area contributed by atoms with E-state index in [-0.39, 0.29) is 22.0 Å². The number of halogens is 1. The van der Waals surface area contributed by atoms with E-state index in [1.165, 1.54) is 12.1 Å². The monoisotopic (exact) mass is 339 g/mol. The van der Waals surface area contributed by atoms with Gasteiger partial charge in [-0.2, -0.15) is 0 Å². The molecule has 0 aliphatic rings. The van der Waals surface area contributed by atoms with Gasteiger partial charge in [0, 0.05) is 6.54 Å². The number of hydrogen-bond acceptors (Lipinski definition) is 3. The van der Waals surface area contributed by atoms with Crippen LogP contribution in [0.3, 0.4) is 0 Å². The normalized spacial score (nSPS) is 11.3. The molecular weight excluding hydrogens is 326 g/mol. The van der Waals surface area contributed by atoms with Crippen molar-refractivity contribution in [3.05, 3.63) is 64.7 Å². The summed E-state index contributed by atoms with van der Waals surface area (Å²) < 4.78 is 26.8. The highest BCUT2D eigenvalue weighted by molar-refractivity contribution is 7.89. The van der Waals surface area contributed by atoms with Crippen molar-refractivity contribution >= 4 is 27.6 Å². The van der Waals surface area contributed by atoms with Gasteiger partial charge in [-0.05, 0) is 30.2 Å². The molecule has 0 saturated carbocycles. The van der Waals surface area contributed by atoms with Gasteiger partial charge >= 0.3 is 5.97 Å².